The van der Waals surface area contributed by atoms with Crippen molar-refractivity contribution in [1.82, 2.24) is 14.0 Å². The molecule has 2 aromatic rings. The highest BCUT2D eigenvalue weighted by Crippen LogP contribution is 2.15. The number of rotatable bonds is 5. The molecule has 1 aromatic heterocycles. The second kappa shape index (κ2) is 7.87. The Morgan fingerprint density at radius 3 is 2.52 bits per heavy atom. The first-order valence-corrected chi connectivity index (χ1v) is 9.25. The fourth-order valence-corrected chi connectivity index (χ4v) is 3.64. The van der Waals surface area contributed by atoms with Crippen molar-refractivity contribution in [3.8, 4) is 0 Å². The molecule has 0 radical (unpaired) electrons. The SMILES string of the molecule is CCCn1c(=O)n(CCC(=O)N2CCCCC(O)C2)c2ccccc21. The largest absolute Gasteiger partial charge is 0.391 e. The average molecular weight is 345 g/mol. The number of likely N-dealkylation sites (tertiary alicyclic amines) is 1. The summed E-state index contributed by atoms with van der Waals surface area (Å²) in [5, 5.41) is 9.89. The highest BCUT2D eigenvalue weighted by atomic mass is 16.3. The second-order valence-electron chi connectivity index (χ2n) is 6.81. The number of aliphatic hydroxyl groups excluding tert-OH is 1. The lowest BCUT2D eigenvalue weighted by atomic mass is 10.2. The van der Waals surface area contributed by atoms with Crippen LogP contribution in [0.1, 0.15) is 39.0 Å². The highest BCUT2D eigenvalue weighted by molar-refractivity contribution is 5.78. The third kappa shape index (κ3) is 3.79. The standard InChI is InChI=1S/C19H27N3O3/c1-2-11-21-16-8-3-4-9-17(16)22(19(21)25)13-10-18(24)20-12-6-5-7-15(23)14-20/h3-4,8-9,15,23H,2,5-7,10-14H2,1H3. The van der Waals surface area contributed by atoms with Crippen molar-refractivity contribution in [2.45, 2.75) is 58.2 Å². The molecule has 3 rings (SSSR count). The van der Waals surface area contributed by atoms with E-state index in [1.807, 2.05) is 31.2 Å². The number of β-amino-alcohol motifs (C(OH)–C–C–N with tert-alkyl or cyclic N) is 1. The quantitative estimate of drug-likeness (QED) is 0.901. The van der Waals surface area contributed by atoms with Crippen LogP contribution in [0.15, 0.2) is 29.1 Å². The number of amides is 1. The van der Waals surface area contributed by atoms with Gasteiger partial charge in [-0.2, -0.15) is 0 Å². The molecule has 0 spiro atoms. The summed E-state index contributed by atoms with van der Waals surface area (Å²) in [6.45, 7) is 4.21. The monoisotopic (exact) mass is 345 g/mol. The van der Waals surface area contributed by atoms with E-state index < -0.39 is 6.10 Å². The first-order valence-electron chi connectivity index (χ1n) is 9.25. The van der Waals surface area contributed by atoms with Crippen molar-refractivity contribution in [3.05, 3.63) is 34.7 Å². The topological polar surface area (TPSA) is 67.5 Å². The van der Waals surface area contributed by atoms with Crippen LogP contribution in [0, 0.1) is 0 Å². The Morgan fingerprint density at radius 2 is 1.84 bits per heavy atom. The molecule has 1 aliphatic rings. The molecule has 1 N–H and O–H groups in total. The first kappa shape index (κ1) is 17.7. The lowest BCUT2D eigenvalue weighted by Crippen LogP contribution is -2.37. The molecule has 1 fully saturated rings. The fraction of sp³-hybridized carbons (Fsp3) is 0.579. The fourth-order valence-electron chi connectivity index (χ4n) is 3.64. The zero-order chi connectivity index (χ0) is 17.8. The molecular formula is C19H27N3O3. The van der Waals surface area contributed by atoms with Crippen LogP contribution < -0.4 is 5.69 Å². The van der Waals surface area contributed by atoms with Crippen molar-refractivity contribution in [2.75, 3.05) is 13.1 Å². The predicted octanol–water partition coefficient (Wildman–Crippen LogP) is 1.98. The minimum Gasteiger partial charge on any atom is -0.391 e. The van der Waals surface area contributed by atoms with Gasteiger partial charge in [0.2, 0.25) is 5.91 Å². The zero-order valence-corrected chi connectivity index (χ0v) is 14.9. The van der Waals surface area contributed by atoms with Crippen molar-refractivity contribution in [3.63, 3.8) is 0 Å². The van der Waals surface area contributed by atoms with Crippen molar-refractivity contribution >= 4 is 16.9 Å². The van der Waals surface area contributed by atoms with Gasteiger partial charge in [-0.25, -0.2) is 4.79 Å². The number of hydrogen-bond donors (Lipinski definition) is 1. The summed E-state index contributed by atoms with van der Waals surface area (Å²) < 4.78 is 3.49. The van der Waals surface area contributed by atoms with Crippen molar-refractivity contribution in [2.24, 2.45) is 0 Å². The van der Waals surface area contributed by atoms with E-state index in [0.29, 0.717) is 26.2 Å². The van der Waals surface area contributed by atoms with Crippen LogP contribution in [-0.2, 0) is 17.9 Å². The molecule has 1 aliphatic heterocycles. The van der Waals surface area contributed by atoms with E-state index in [2.05, 4.69) is 0 Å². The molecule has 0 aliphatic carbocycles. The first-order chi connectivity index (χ1) is 12.1. The maximum atomic E-state index is 12.7. The number of carbonyl (C=O) groups is 1. The lowest BCUT2D eigenvalue weighted by Gasteiger charge is -2.22. The van der Waals surface area contributed by atoms with Gasteiger partial charge in [0, 0.05) is 32.6 Å². The van der Waals surface area contributed by atoms with Gasteiger partial charge in [-0.05, 0) is 37.8 Å². The van der Waals surface area contributed by atoms with Gasteiger partial charge < -0.3 is 10.0 Å². The lowest BCUT2D eigenvalue weighted by molar-refractivity contribution is -0.132. The third-order valence-corrected chi connectivity index (χ3v) is 4.92. The summed E-state index contributed by atoms with van der Waals surface area (Å²) in [6.07, 6.45) is 3.38. The van der Waals surface area contributed by atoms with Gasteiger partial charge in [0.25, 0.3) is 0 Å². The van der Waals surface area contributed by atoms with Crippen molar-refractivity contribution in [1.29, 1.82) is 0 Å². The van der Waals surface area contributed by atoms with E-state index >= 15 is 0 Å². The van der Waals surface area contributed by atoms with E-state index in [9.17, 15) is 14.7 Å². The Kier molecular flexibility index (Phi) is 5.58. The molecule has 1 amide bonds. The number of para-hydroxylation sites is 2. The Hall–Kier alpha value is -2.08. The van der Waals surface area contributed by atoms with Gasteiger partial charge in [-0.15, -0.1) is 0 Å². The summed E-state index contributed by atoms with van der Waals surface area (Å²) >= 11 is 0. The molecule has 25 heavy (non-hydrogen) atoms. The number of fused-ring (bicyclic) bond motifs is 1. The van der Waals surface area contributed by atoms with Crippen LogP contribution >= 0.6 is 0 Å². The summed E-state index contributed by atoms with van der Waals surface area (Å²) in [4.78, 5) is 27.0. The third-order valence-electron chi connectivity index (χ3n) is 4.92. The maximum absolute atomic E-state index is 12.7. The predicted molar refractivity (Wildman–Crippen MR) is 97.5 cm³/mol. The normalized spacial score (nSPS) is 18.5. The molecule has 6 nitrogen and oxygen atoms in total. The van der Waals surface area contributed by atoms with Gasteiger partial charge in [0.05, 0.1) is 17.1 Å². The molecule has 0 bridgehead atoms. The van der Waals surface area contributed by atoms with Gasteiger partial charge >= 0.3 is 5.69 Å². The summed E-state index contributed by atoms with van der Waals surface area (Å²) in [6, 6.07) is 7.74. The number of aromatic nitrogens is 2. The van der Waals surface area contributed by atoms with Crippen LogP contribution in [-0.4, -0.2) is 44.2 Å². The number of carbonyl (C=O) groups excluding carboxylic acids is 1. The molecule has 6 heteroatoms. The molecule has 1 unspecified atom stereocenters. The molecule has 1 saturated heterocycles. The highest BCUT2D eigenvalue weighted by Gasteiger charge is 2.21. The number of aryl methyl sites for hydroxylation is 2. The van der Waals surface area contributed by atoms with E-state index in [-0.39, 0.29) is 18.0 Å². The minimum atomic E-state index is -0.430. The Bertz CT molecular complexity index is 793. The van der Waals surface area contributed by atoms with Crippen LogP contribution in [0.3, 0.4) is 0 Å². The van der Waals surface area contributed by atoms with E-state index in [1.165, 1.54) is 0 Å². The van der Waals surface area contributed by atoms with Gasteiger partial charge in [0.1, 0.15) is 0 Å². The maximum Gasteiger partial charge on any atom is 0.329 e. The molecule has 1 aromatic carbocycles. The smallest absolute Gasteiger partial charge is 0.329 e. The van der Waals surface area contributed by atoms with Crippen LogP contribution in [0.2, 0.25) is 0 Å². The van der Waals surface area contributed by atoms with E-state index in [1.54, 1.807) is 14.0 Å². The Labute approximate surface area is 147 Å². The molecule has 0 saturated carbocycles. The van der Waals surface area contributed by atoms with Crippen molar-refractivity contribution < 1.29 is 9.90 Å². The minimum absolute atomic E-state index is 0.0140. The molecule has 1 atom stereocenters. The van der Waals surface area contributed by atoms with Gasteiger partial charge in [-0.1, -0.05) is 19.1 Å². The number of benzene rings is 1. The summed E-state index contributed by atoms with van der Waals surface area (Å²) in [5.41, 5.74) is 1.75. The summed E-state index contributed by atoms with van der Waals surface area (Å²) in [7, 11) is 0. The van der Waals surface area contributed by atoms with Gasteiger partial charge in [0.15, 0.2) is 0 Å². The number of hydrogen-bond acceptors (Lipinski definition) is 3. The zero-order valence-electron chi connectivity index (χ0n) is 14.9. The number of nitrogens with zero attached hydrogens (tertiary/aromatic N) is 3. The molecule has 136 valence electrons. The Morgan fingerprint density at radius 1 is 1.16 bits per heavy atom. The van der Waals surface area contributed by atoms with Gasteiger partial charge in [-0.3, -0.25) is 13.9 Å². The van der Waals surface area contributed by atoms with Crippen LogP contribution in [0.4, 0.5) is 0 Å². The van der Waals surface area contributed by atoms with E-state index in [0.717, 1.165) is 36.7 Å². The van der Waals surface area contributed by atoms with Crippen LogP contribution in [0.5, 0.6) is 0 Å². The number of aliphatic hydroxyl groups is 1. The Balaban J connectivity index is 1.78. The molecular weight excluding hydrogens is 318 g/mol. The van der Waals surface area contributed by atoms with E-state index in [4.69, 9.17) is 0 Å². The van der Waals surface area contributed by atoms with Crippen LogP contribution in [0.25, 0.3) is 11.0 Å². The number of imidazole rings is 1. The average Bonchev–Trinajstić information content (AvgIpc) is 2.75. The molecule has 2 heterocycles. The summed E-state index contributed by atoms with van der Waals surface area (Å²) in [5.74, 6) is 0.0140. The second-order valence-corrected chi connectivity index (χ2v) is 6.81.